The van der Waals surface area contributed by atoms with Crippen LogP contribution in [0.4, 0.5) is 0 Å². The van der Waals surface area contributed by atoms with Crippen LogP contribution in [0.3, 0.4) is 0 Å². The van der Waals surface area contributed by atoms with Crippen LogP contribution >= 0.6 is 11.6 Å². The molecular formula is C17H25Cl. The number of hydrogen-bond donors (Lipinski definition) is 0. The molecule has 1 fully saturated rings. The third kappa shape index (κ3) is 3.75. The SMILES string of the molecule is CC(C)c1ccc(CC2CCCCCC2Cl)cc1. The highest BCUT2D eigenvalue weighted by Crippen LogP contribution is 2.30. The Labute approximate surface area is 117 Å². The summed E-state index contributed by atoms with van der Waals surface area (Å²) in [6, 6.07) is 9.15. The lowest BCUT2D eigenvalue weighted by Crippen LogP contribution is -2.16. The van der Waals surface area contributed by atoms with E-state index < -0.39 is 0 Å². The van der Waals surface area contributed by atoms with E-state index in [4.69, 9.17) is 11.6 Å². The smallest absolute Gasteiger partial charge is 0.0367 e. The largest absolute Gasteiger partial charge is 0.123 e. The van der Waals surface area contributed by atoms with Crippen molar-refractivity contribution in [2.45, 2.75) is 63.7 Å². The first-order valence-electron chi connectivity index (χ1n) is 7.39. The van der Waals surface area contributed by atoms with Crippen molar-refractivity contribution < 1.29 is 0 Å². The summed E-state index contributed by atoms with van der Waals surface area (Å²) in [5.74, 6) is 1.30. The zero-order chi connectivity index (χ0) is 13.0. The molecule has 0 spiro atoms. The predicted molar refractivity (Wildman–Crippen MR) is 80.5 cm³/mol. The topological polar surface area (TPSA) is 0 Å². The van der Waals surface area contributed by atoms with Crippen LogP contribution in [0.5, 0.6) is 0 Å². The van der Waals surface area contributed by atoms with Crippen LogP contribution in [0.15, 0.2) is 24.3 Å². The van der Waals surface area contributed by atoms with E-state index in [1.807, 2.05) is 0 Å². The highest BCUT2D eigenvalue weighted by Gasteiger charge is 2.21. The molecule has 2 rings (SSSR count). The lowest BCUT2D eigenvalue weighted by Gasteiger charge is -2.19. The normalized spacial score (nSPS) is 25.1. The molecule has 1 aliphatic carbocycles. The van der Waals surface area contributed by atoms with Gasteiger partial charge in [-0.1, -0.05) is 57.4 Å². The zero-order valence-corrected chi connectivity index (χ0v) is 12.4. The Morgan fingerprint density at radius 3 is 2.39 bits per heavy atom. The second-order valence-electron chi connectivity index (χ2n) is 6.01. The van der Waals surface area contributed by atoms with E-state index in [-0.39, 0.29) is 0 Å². The van der Waals surface area contributed by atoms with E-state index >= 15 is 0 Å². The monoisotopic (exact) mass is 264 g/mol. The molecule has 1 saturated carbocycles. The molecule has 0 amide bonds. The molecule has 18 heavy (non-hydrogen) atoms. The van der Waals surface area contributed by atoms with E-state index in [9.17, 15) is 0 Å². The second-order valence-corrected chi connectivity index (χ2v) is 6.58. The van der Waals surface area contributed by atoms with Gasteiger partial charge >= 0.3 is 0 Å². The summed E-state index contributed by atoms with van der Waals surface area (Å²) in [6.07, 6.45) is 7.71. The molecule has 100 valence electrons. The van der Waals surface area contributed by atoms with Crippen molar-refractivity contribution in [3.05, 3.63) is 35.4 Å². The maximum Gasteiger partial charge on any atom is 0.0367 e. The summed E-state index contributed by atoms with van der Waals surface area (Å²) in [4.78, 5) is 0. The quantitative estimate of drug-likeness (QED) is 0.497. The van der Waals surface area contributed by atoms with Crippen molar-refractivity contribution in [3.63, 3.8) is 0 Å². The molecule has 1 aromatic carbocycles. The first kappa shape index (κ1) is 13.9. The standard InChI is InChI=1S/C17H25Cl/c1-13(2)15-10-8-14(9-11-15)12-16-6-4-3-5-7-17(16)18/h8-11,13,16-17H,3-7,12H2,1-2H3. The Balaban J connectivity index is 1.99. The van der Waals surface area contributed by atoms with Crippen LogP contribution in [0.1, 0.15) is 63.0 Å². The minimum atomic E-state index is 0.386. The summed E-state index contributed by atoms with van der Waals surface area (Å²) in [5, 5.41) is 0.386. The average molecular weight is 265 g/mol. The number of hydrogen-bond acceptors (Lipinski definition) is 0. The number of rotatable bonds is 3. The Morgan fingerprint density at radius 2 is 1.72 bits per heavy atom. The zero-order valence-electron chi connectivity index (χ0n) is 11.7. The van der Waals surface area contributed by atoms with E-state index in [0.717, 1.165) is 6.42 Å². The Kier molecular flexibility index (Phi) is 5.12. The summed E-state index contributed by atoms with van der Waals surface area (Å²) in [6.45, 7) is 4.49. The summed E-state index contributed by atoms with van der Waals surface area (Å²) >= 11 is 6.52. The first-order valence-corrected chi connectivity index (χ1v) is 7.83. The van der Waals surface area contributed by atoms with Gasteiger partial charge in [0.2, 0.25) is 0 Å². The molecular weight excluding hydrogens is 240 g/mol. The minimum absolute atomic E-state index is 0.386. The molecule has 0 saturated heterocycles. The third-order valence-electron chi connectivity index (χ3n) is 4.21. The van der Waals surface area contributed by atoms with Gasteiger partial charge in [-0.3, -0.25) is 0 Å². The predicted octanol–water partition coefficient (Wildman–Crippen LogP) is 5.54. The number of benzene rings is 1. The molecule has 0 N–H and O–H groups in total. The summed E-state index contributed by atoms with van der Waals surface area (Å²) < 4.78 is 0. The van der Waals surface area contributed by atoms with Gasteiger partial charge in [0.05, 0.1) is 0 Å². The summed E-state index contributed by atoms with van der Waals surface area (Å²) in [7, 11) is 0. The van der Waals surface area contributed by atoms with E-state index in [2.05, 4.69) is 38.1 Å². The molecule has 1 heteroatoms. The molecule has 0 aliphatic heterocycles. The van der Waals surface area contributed by atoms with Gasteiger partial charge in [0.15, 0.2) is 0 Å². The Morgan fingerprint density at radius 1 is 1.06 bits per heavy atom. The van der Waals surface area contributed by atoms with Gasteiger partial charge in [-0.15, -0.1) is 11.6 Å². The van der Waals surface area contributed by atoms with Crippen LogP contribution in [-0.4, -0.2) is 5.38 Å². The van der Waals surface area contributed by atoms with Gasteiger partial charge in [0, 0.05) is 5.38 Å². The molecule has 2 unspecified atom stereocenters. The maximum atomic E-state index is 6.52. The van der Waals surface area contributed by atoms with Gasteiger partial charge < -0.3 is 0 Å². The fraction of sp³-hybridized carbons (Fsp3) is 0.647. The first-order chi connectivity index (χ1) is 8.66. The molecule has 1 aromatic rings. The highest BCUT2D eigenvalue weighted by molar-refractivity contribution is 6.20. The lowest BCUT2D eigenvalue weighted by atomic mass is 9.91. The lowest BCUT2D eigenvalue weighted by molar-refractivity contribution is 0.465. The van der Waals surface area contributed by atoms with Gasteiger partial charge in [0.1, 0.15) is 0 Å². The molecule has 1 aliphatic rings. The Hall–Kier alpha value is -0.490. The second kappa shape index (κ2) is 6.61. The van der Waals surface area contributed by atoms with Crippen molar-refractivity contribution in [1.29, 1.82) is 0 Å². The fourth-order valence-electron chi connectivity index (χ4n) is 2.91. The molecule has 0 radical (unpaired) electrons. The van der Waals surface area contributed by atoms with E-state index in [1.165, 1.54) is 43.2 Å². The third-order valence-corrected chi connectivity index (χ3v) is 4.79. The Bertz CT molecular complexity index is 352. The molecule has 2 atom stereocenters. The average Bonchev–Trinajstić information content (AvgIpc) is 2.56. The molecule has 0 bridgehead atoms. The van der Waals surface area contributed by atoms with Crippen LogP contribution in [0.2, 0.25) is 0 Å². The van der Waals surface area contributed by atoms with E-state index in [0.29, 0.717) is 17.2 Å². The van der Waals surface area contributed by atoms with E-state index in [1.54, 1.807) is 0 Å². The molecule has 0 aromatic heterocycles. The summed E-state index contributed by atoms with van der Waals surface area (Å²) in [5.41, 5.74) is 2.89. The van der Waals surface area contributed by atoms with Crippen molar-refractivity contribution >= 4 is 11.6 Å². The van der Waals surface area contributed by atoms with Crippen LogP contribution in [-0.2, 0) is 6.42 Å². The van der Waals surface area contributed by atoms with Crippen molar-refractivity contribution in [3.8, 4) is 0 Å². The van der Waals surface area contributed by atoms with Gasteiger partial charge in [-0.2, -0.15) is 0 Å². The fourth-order valence-corrected chi connectivity index (χ4v) is 3.28. The molecule has 0 nitrogen and oxygen atoms in total. The highest BCUT2D eigenvalue weighted by atomic mass is 35.5. The van der Waals surface area contributed by atoms with Crippen molar-refractivity contribution in [1.82, 2.24) is 0 Å². The van der Waals surface area contributed by atoms with Gasteiger partial charge in [-0.05, 0) is 42.2 Å². The number of alkyl halides is 1. The minimum Gasteiger partial charge on any atom is -0.123 e. The maximum absolute atomic E-state index is 6.52. The van der Waals surface area contributed by atoms with Crippen LogP contribution in [0, 0.1) is 5.92 Å². The number of halogens is 1. The van der Waals surface area contributed by atoms with Crippen molar-refractivity contribution in [2.24, 2.45) is 5.92 Å². The van der Waals surface area contributed by atoms with Crippen LogP contribution in [0.25, 0.3) is 0 Å². The van der Waals surface area contributed by atoms with Crippen molar-refractivity contribution in [2.75, 3.05) is 0 Å². The van der Waals surface area contributed by atoms with Gasteiger partial charge in [0.25, 0.3) is 0 Å². The molecule has 0 heterocycles. The van der Waals surface area contributed by atoms with Gasteiger partial charge in [-0.25, -0.2) is 0 Å². The van der Waals surface area contributed by atoms with Crippen LogP contribution < -0.4 is 0 Å².